The smallest absolute Gasteiger partial charge is 0.0463 e. The first-order valence-corrected chi connectivity index (χ1v) is 9.33. The summed E-state index contributed by atoms with van der Waals surface area (Å²) in [5.41, 5.74) is 0. The third kappa shape index (κ3) is 4.43. The van der Waals surface area contributed by atoms with Gasteiger partial charge in [0.05, 0.1) is 0 Å². The van der Waals surface area contributed by atoms with E-state index in [0.717, 1.165) is 13.0 Å². The molecule has 1 unspecified atom stereocenters. The van der Waals surface area contributed by atoms with Crippen molar-refractivity contribution < 1.29 is 0 Å². The molecule has 4 heteroatoms. The van der Waals surface area contributed by atoms with Crippen LogP contribution in [0.25, 0.3) is 0 Å². The van der Waals surface area contributed by atoms with Crippen molar-refractivity contribution in [2.24, 2.45) is 0 Å². The van der Waals surface area contributed by atoms with E-state index in [2.05, 4.69) is 46.6 Å². The molecule has 2 heterocycles. The van der Waals surface area contributed by atoms with Gasteiger partial charge in [-0.05, 0) is 47.9 Å². The highest BCUT2D eigenvalue weighted by molar-refractivity contribution is 7.98. The topological polar surface area (TPSA) is 12.0 Å². The minimum Gasteiger partial charge on any atom is -0.309 e. The maximum Gasteiger partial charge on any atom is 0.0463 e. The highest BCUT2D eigenvalue weighted by Crippen LogP contribution is 2.24. The van der Waals surface area contributed by atoms with Crippen LogP contribution in [0.2, 0.25) is 0 Å². The number of hydrogen-bond acceptors (Lipinski definition) is 4. The van der Waals surface area contributed by atoms with Gasteiger partial charge in [-0.25, -0.2) is 0 Å². The van der Waals surface area contributed by atoms with Crippen molar-refractivity contribution in [2.75, 3.05) is 18.6 Å². The summed E-state index contributed by atoms with van der Waals surface area (Å²) in [4.78, 5) is 2.92. The molecule has 98 valence electrons. The van der Waals surface area contributed by atoms with Crippen LogP contribution in [0.4, 0.5) is 0 Å². The van der Waals surface area contributed by atoms with Gasteiger partial charge in [0, 0.05) is 22.2 Å². The van der Waals surface area contributed by atoms with Crippen LogP contribution in [0, 0.1) is 0 Å². The Balaban J connectivity index is 1.91. The molecule has 2 aromatic rings. The number of thiophene rings is 2. The zero-order valence-corrected chi connectivity index (χ0v) is 13.0. The summed E-state index contributed by atoms with van der Waals surface area (Å²) in [6, 6.07) is 9.23. The molecule has 0 amide bonds. The molecule has 2 rings (SSSR count). The molecule has 0 radical (unpaired) electrons. The zero-order valence-electron chi connectivity index (χ0n) is 10.6. The molecule has 2 aromatic heterocycles. The first-order chi connectivity index (χ1) is 8.90. The largest absolute Gasteiger partial charge is 0.309 e. The van der Waals surface area contributed by atoms with E-state index >= 15 is 0 Å². The van der Waals surface area contributed by atoms with E-state index in [9.17, 15) is 0 Å². The fraction of sp³-hybridized carbons (Fsp3) is 0.429. The summed E-state index contributed by atoms with van der Waals surface area (Å²) in [6.45, 7) is 1.11. The molecule has 0 aliphatic heterocycles. The lowest BCUT2D eigenvalue weighted by molar-refractivity contribution is 0.541. The van der Waals surface area contributed by atoms with Crippen molar-refractivity contribution in [2.45, 2.75) is 18.9 Å². The first kappa shape index (κ1) is 14.1. The third-order valence-electron chi connectivity index (χ3n) is 2.79. The summed E-state index contributed by atoms with van der Waals surface area (Å²) >= 11 is 5.63. The average Bonchev–Trinajstić information content (AvgIpc) is 3.05. The Kier molecular flexibility index (Phi) is 6.28. The lowest BCUT2D eigenvalue weighted by atomic mass is 10.1. The molecule has 0 saturated carbocycles. The Hall–Kier alpha value is -0.290. The number of thioether (sulfide) groups is 1. The lowest BCUT2D eigenvalue weighted by Crippen LogP contribution is -2.23. The van der Waals surface area contributed by atoms with E-state index in [0.29, 0.717) is 6.04 Å². The van der Waals surface area contributed by atoms with Crippen molar-refractivity contribution in [3.63, 3.8) is 0 Å². The first-order valence-electron chi connectivity index (χ1n) is 6.18. The van der Waals surface area contributed by atoms with Crippen molar-refractivity contribution in [3.8, 4) is 0 Å². The lowest BCUT2D eigenvalue weighted by Gasteiger charge is -2.16. The van der Waals surface area contributed by atoms with Gasteiger partial charge in [0.1, 0.15) is 0 Å². The van der Waals surface area contributed by atoms with Crippen LogP contribution in [0.5, 0.6) is 0 Å². The molecule has 0 saturated heterocycles. The van der Waals surface area contributed by atoms with Crippen LogP contribution in [-0.4, -0.2) is 18.6 Å². The van der Waals surface area contributed by atoms with E-state index in [1.54, 1.807) is 0 Å². The average molecular weight is 298 g/mol. The van der Waals surface area contributed by atoms with Gasteiger partial charge in [-0.15, -0.1) is 22.7 Å². The second-order valence-corrected chi connectivity index (χ2v) is 7.15. The van der Waals surface area contributed by atoms with Crippen LogP contribution < -0.4 is 5.32 Å². The predicted octanol–water partition coefficient (Wildman–Crippen LogP) is 4.44. The third-order valence-corrected chi connectivity index (χ3v) is 5.37. The minimum atomic E-state index is 0.477. The normalized spacial score (nSPS) is 12.7. The molecule has 0 aliphatic rings. The summed E-state index contributed by atoms with van der Waals surface area (Å²) in [5.74, 6) is 1.24. The second-order valence-electron chi connectivity index (χ2n) is 4.15. The van der Waals surface area contributed by atoms with Crippen LogP contribution in [0.1, 0.15) is 22.2 Å². The Bertz CT molecular complexity index is 408. The molecule has 0 spiro atoms. The summed E-state index contributed by atoms with van der Waals surface area (Å²) in [7, 11) is 0. The maximum atomic E-state index is 3.70. The number of hydrogen-bond donors (Lipinski definition) is 1. The predicted molar refractivity (Wildman–Crippen MR) is 86.1 cm³/mol. The zero-order chi connectivity index (χ0) is 12.6. The van der Waals surface area contributed by atoms with Crippen molar-refractivity contribution in [1.82, 2.24) is 5.32 Å². The Morgan fingerprint density at radius 2 is 2.06 bits per heavy atom. The highest BCUT2D eigenvalue weighted by atomic mass is 32.2. The fourth-order valence-corrected chi connectivity index (χ4v) is 3.87. The van der Waals surface area contributed by atoms with Gasteiger partial charge in [0.25, 0.3) is 0 Å². The fourth-order valence-electron chi connectivity index (χ4n) is 1.89. The molecule has 0 aliphatic carbocycles. The van der Waals surface area contributed by atoms with E-state index < -0.39 is 0 Å². The van der Waals surface area contributed by atoms with E-state index in [4.69, 9.17) is 0 Å². The van der Waals surface area contributed by atoms with Crippen LogP contribution in [-0.2, 0) is 6.42 Å². The van der Waals surface area contributed by atoms with E-state index in [1.807, 2.05) is 34.4 Å². The van der Waals surface area contributed by atoms with Gasteiger partial charge in [0.15, 0.2) is 0 Å². The van der Waals surface area contributed by atoms with Crippen molar-refractivity contribution >= 4 is 34.4 Å². The van der Waals surface area contributed by atoms with Gasteiger partial charge in [-0.3, -0.25) is 0 Å². The van der Waals surface area contributed by atoms with Crippen molar-refractivity contribution in [3.05, 3.63) is 44.8 Å². The number of rotatable bonds is 8. The van der Waals surface area contributed by atoms with E-state index in [-0.39, 0.29) is 0 Å². The Labute approximate surface area is 122 Å². The molecule has 0 bridgehead atoms. The molecule has 0 aromatic carbocycles. The van der Waals surface area contributed by atoms with Gasteiger partial charge >= 0.3 is 0 Å². The standard InChI is InChI=1S/C14H19NS3/c1-16-8-4-7-15-13(14-6-3-10-18-14)11-12-5-2-9-17-12/h2-3,5-6,9-10,13,15H,4,7-8,11H2,1H3. The Morgan fingerprint density at radius 1 is 1.22 bits per heavy atom. The quantitative estimate of drug-likeness (QED) is 0.723. The maximum absolute atomic E-state index is 3.70. The molecular weight excluding hydrogens is 278 g/mol. The van der Waals surface area contributed by atoms with Crippen LogP contribution >= 0.6 is 34.4 Å². The molecule has 1 nitrogen and oxygen atoms in total. The summed E-state index contributed by atoms with van der Waals surface area (Å²) in [6.07, 6.45) is 4.52. The van der Waals surface area contributed by atoms with Gasteiger partial charge in [0.2, 0.25) is 0 Å². The van der Waals surface area contributed by atoms with E-state index in [1.165, 1.54) is 21.9 Å². The monoisotopic (exact) mass is 297 g/mol. The molecular formula is C14H19NS3. The van der Waals surface area contributed by atoms with Crippen LogP contribution in [0.3, 0.4) is 0 Å². The summed E-state index contributed by atoms with van der Waals surface area (Å²) < 4.78 is 0. The number of nitrogens with one attached hydrogen (secondary N) is 1. The van der Waals surface area contributed by atoms with Gasteiger partial charge in [-0.2, -0.15) is 11.8 Å². The van der Waals surface area contributed by atoms with Gasteiger partial charge < -0.3 is 5.32 Å². The molecule has 1 N–H and O–H groups in total. The summed E-state index contributed by atoms with van der Waals surface area (Å²) in [5, 5.41) is 8.03. The second kappa shape index (κ2) is 8.00. The Morgan fingerprint density at radius 3 is 2.72 bits per heavy atom. The van der Waals surface area contributed by atoms with Crippen molar-refractivity contribution in [1.29, 1.82) is 0 Å². The van der Waals surface area contributed by atoms with Crippen LogP contribution in [0.15, 0.2) is 35.0 Å². The minimum absolute atomic E-state index is 0.477. The molecule has 0 fully saturated rings. The molecule has 18 heavy (non-hydrogen) atoms. The van der Waals surface area contributed by atoms with Gasteiger partial charge in [-0.1, -0.05) is 12.1 Å². The SMILES string of the molecule is CSCCCNC(Cc1cccs1)c1cccs1. The highest BCUT2D eigenvalue weighted by Gasteiger charge is 2.13. The molecule has 1 atom stereocenters.